The molecule has 0 N–H and O–H groups in total. The molecule has 0 bridgehead atoms. The molecule has 0 atom stereocenters. The Morgan fingerprint density at radius 2 is 1.62 bits per heavy atom. The van der Waals surface area contributed by atoms with Gasteiger partial charge < -0.3 is 5.32 Å². The number of nitrogens with zero attached hydrogens (tertiary/aromatic N) is 1. The third-order valence-electron chi connectivity index (χ3n) is 1.27. The molecule has 0 spiro atoms. The Kier molecular flexibility index (Phi) is 1.47. The molecule has 8 heavy (non-hydrogen) atoms. The smallest absolute Gasteiger partial charge is 0.244 e. The molecule has 0 aromatic heterocycles. The second-order valence-corrected chi connectivity index (χ2v) is 2.03. The number of hydrogen-bond donors (Lipinski definition) is 0. The van der Waals surface area contributed by atoms with E-state index in [1.165, 1.54) is 0 Å². The fourth-order valence-corrected chi connectivity index (χ4v) is 0.722. The predicted octanol–water partition coefficient (Wildman–Crippen LogP) is 1.79. The van der Waals surface area contributed by atoms with Gasteiger partial charge in [-0.2, -0.15) is 0 Å². The SMILES string of the molecule is FC1(F)CC[N-]CC1. The fraction of sp³-hybridized carbons (Fsp3) is 1.00. The summed E-state index contributed by atoms with van der Waals surface area (Å²) in [6, 6.07) is 0. The molecular weight excluding hydrogens is 112 g/mol. The first-order valence-corrected chi connectivity index (χ1v) is 2.72. The van der Waals surface area contributed by atoms with Gasteiger partial charge in [-0.15, -0.1) is 13.1 Å². The van der Waals surface area contributed by atoms with Gasteiger partial charge in [0.25, 0.3) is 0 Å². The summed E-state index contributed by atoms with van der Waals surface area (Å²) >= 11 is 0. The topological polar surface area (TPSA) is 14.1 Å². The molecular formula is C5H8F2N-. The molecule has 3 heteroatoms. The fourth-order valence-electron chi connectivity index (χ4n) is 0.722. The van der Waals surface area contributed by atoms with Crippen molar-refractivity contribution in [3.05, 3.63) is 5.32 Å². The standard InChI is InChI=1S/C5H8F2N/c6-5(7)1-3-8-4-2-5/h1-4H2/q-1. The number of alkyl halides is 2. The van der Waals surface area contributed by atoms with E-state index in [-0.39, 0.29) is 12.8 Å². The van der Waals surface area contributed by atoms with Gasteiger partial charge in [0.15, 0.2) is 0 Å². The third kappa shape index (κ3) is 1.40. The average Bonchev–Trinajstić information content (AvgIpc) is 1.65. The lowest BCUT2D eigenvalue weighted by Crippen LogP contribution is -2.23. The molecule has 48 valence electrons. The monoisotopic (exact) mass is 120 g/mol. The van der Waals surface area contributed by atoms with Gasteiger partial charge in [-0.1, -0.05) is 0 Å². The maximum atomic E-state index is 12.1. The molecule has 0 saturated carbocycles. The van der Waals surface area contributed by atoms with Crippen molar-refractivity contribution in [2.45, 2.75) is 18.8 Å². The van der Waals surface area contributed by atoms with E-state index in [9.17, 15) is 8.78 Å². The summed E-state index contributed by atoms with van der Waals surface area (Å²) in [6.07, 6.45) is -0.0972. The second-order valence-electron chi connectivity index (χ2n) is 2.03. The number of rotatable bonds is 0. The highest BCUT2D eigenvalue weighted by Gasteiger charge is 2.26. The average molecular weight is 120 g/mol. The minimum atomic E-state index is -2.41. The van der Waals surface area contributed by atoms with Crippen LogP contribution in [0.15, 0.2) is 0 Å². The molecule has 1 saturated heterocycles. The summed E-state index contributed by atoms with van der Waals surface area (Å²) in [5.41, 5.74) is 0. The lowest BCUT2D eigenvalue weighted by atomic mass is 10.1. The van der Waals surface area contributed by atoms with Gasteiger partial charge in [-0.25, -0.2) is 8.78 Å². The zero-order chi connectivity index (χ0) is 6.04. The maximum absolute atomic E-state index is 12.1. The lowest BCUT2D eigenvalue weighted by Gasteiger charge is -2.31. The quantitative estimate of drug-likeness (QED) is 0.462. The van der Waals surface area contributed by atoms with E-state index in [4.69, 9.17) is 0 Å². The van der Waals surface area contributed by atoms with Gasteiger partial charge in [0.05, 0.1) is 0 Å². The molecule has 1 aliphatic rings. The van der Waals surface area contributed by atoms with Gasteiger partial charge >= 0.3 is 0 Å². The van der Waals surface area contributed by atoms with Crippen molar-refractivity contribution >= 4 is 0 Å². The van der Waals surface area contributed by atoms with Crippen molar-refractivity contribution in [1.82, 2.24) is 0 Å². The zero-order valence-electron chi connectivity index (χ0n) is 4.53. The van der Waals surface area contributed by atoms with Crippen LogP contribution in [-0.2, 0) is 0 Å². The van der Waals surface area contributed by atoms with E-state index in [0.29, 0.717) is 13.1 Å². The Morgan fingerprint density at radius 1 is 1.12 bits per heavy atom. The summed E-state index contributed by atoms with van der Waals surface area (Å²) in [5, 5.41) is 3.79. The molecule has 1 heterocycles. The molecule has 0 unspecified atom stereocenters. The van der Waals surface area contributed by atoms with E-state index in [2.05, 4.69) is 5.32 Å². The first-order valence-electron chi connectivity index (χ1n) is 2.72. The summed E-state index contributed by atoms with van der Waals surface area (Å²) in [7, 11) is 0. The molecule has 0 radical (unpaired) electrons. The third-order valence-corrected chi connectivity index (χ3v) is 1.27. The van der Waals surface area contributed by atoms with E-state index in [1.807, 2.05) is 0 Å². The van der Waals surface area contributed by atoms with Crippen LogP contribution in [0.3, 0.4) is 0 Å². The van der Waals surface area contributed by atoms with Crippen LogP contribution in [0.2, 0.25) is 0 Å². The highest BCUT2D eigenvalue weighted by Crippen LogP contribution is 2.27. The van der Waals surface area contributed by atoms with Crippen molar-refractivity contribution < 1.29 is 8.78 Å². The molecule has 0 amide bonds. The van der Waals surface area contributed by atoms with Crippen molar-refractivity contribution in [3.8, 4) is 0 Å². The first kappa shape index (κ1) is 5.95. The van der Waals surface area contributed by atoms with Crippen LogP contribution in [0.1, 0.15) is 12.8 Å². The van der Waals surface area contributed by atoms with Crippen LogP contribution in [-0.4, -0.2) is 19.0 Å². The van der Waals surface area contributed by atoms with Crippen molar-refractivity contribution in [1.29, 1.82) is 0 Å². The second kappa shape index (κ2) is 1.97. The minimum absolute atomic E-state index is 0.0486. The largest absolute Gasteiger partial charge is 0.662 e. The first-order chi connectivity index (χ1) is 3.71. The molecule has 0 aromatic rings. The van der Waals surface area contributed by atoms with Crippen molar-refractivity contribution in [2.75, 3.05) is 13.1 Å². The summed E-state index contributed by atoms with van der Waals surface area (Å²) < 4.78 is 24.3. The zero-order valence-corrected chi connectivity index (χ0v) is 4.53. The van der Waals surface area contributed by atoms with Crippen molar-refractivity contribution in [2.24, 2.45) is 0 Å². The highest BCUT2D eigenvalue weighted by atomic mass is 19.3. The van der Waals surface area contributed by atoms with E-state index in [0.717, 1.165) is 0 Å². The lowest BCUT2D eigenvalue weighted by molar-refractivity contribution is -0.0155. The molecule has 1 aliphatic heterocycles. The van der Waals surface area contributed by atoms with Crippen LogP contribution in [0.5, 0.6) is 0 Å². The Hall–Kier alpha value is -0.180. The van der Waals surface area contributed by atoms with Gasteiger partial charge in [0, 0.05) is 0 Å². The molecule has 1 nitrogen and oxygen atoms in total. The molecule has 1 fully saturated rings. The van der Waals surface area contributed by atoms with Gasteiger partial charge in [-0.05, 0) is 12.8 Å². The van der Waals surface area contributed by atoms with E-state index in [1.54, 1.807) is 0 Å². The maximum Gasteiger partial charge on any atom is 0.244 e. The van der Waals surface area contributed by atoms with Crippen LogP contribution in [0, 0.1) is 0 Å². The van der Waals surface area contributed by atoms with E-state index >= 15 is 0 Å². The predicted molar refractivity (Wildman–Crippen MR) is 27.3 cm³/mol. The summed E-state index contributed by atoms with van der Waals surface area (Å²) in [5.74, 6) is -2.41. The molecule has 0 aliphatic carbocycles. The van der Waals surface area contributed by atoms with Crippen LogP contribution in [0.4, 0.5) is 8.78 Å². The Labute approximate surface area is 47.1 Å². The molecule has 1 rings (SSSR count). The van der Waals surface area contributed by atoms with Crippen LogP contribution < -0.4 is 0 Å². The Balaban J connectivity index is 2.33. The highest BCUT2D eigenvalue weighted by molar-refractivity contribution is 4.90. The Morgan fingerprint density at radius 3 is 1.88 bits per heavy atom. The van der Waals surface area contributed by atoms with Gasteiger partial charge in [0.2, 0.25) is 5.92 Å². The van der Waals surface area contributed by atoms with Gasteiger partial charge in [-0.3, -0.25) is 0 Å². The van der Waals surface area contributed by atoms with Crippen LogP contribution in [0.25, 0.3) is 5.32 Å². The summed E-state index contributed by atoms with van der Waals surface area (Å²) in [6.45, 7) is 0.681. The minimum Gasteiger partial charge on any atom is -0.662 e. The number of halogens is 2. The Bertz CT molecular complexity index is 74.5. The molecule has 0 aromatic carbocycles. The van der Waals surface area contributed by atoms with Crippen LogP contribution >= 0.6 is 0 Å². The summed E-state index contributed by atoms with van der Waals surface area (Å²) in [4.78, 5) is 0. The normalized spacial score (nSPS) is 27.8. The van der Waals surface area contributed by atoms with Crippen molar-refractivity contribution in [3.63, 3.8) is 0 Å². The number of piperidine rings is 1. The van der Waals surface area contributed by atoms with Gasteiger partial charge in [0.1, 0.15) is 0 Å². The van der Waals surface area contributed by atoms with E-state index < -0.39 is 5.92 Å². The number of hydrogen-bond acceptors (Lipinski definition) is 0.